The average molecular weight is 555 g/mol. The van der Waals surface area contributed by atoms with Crippen molar-refractivity contribution in [3.8, 4) is 23.0 Å². The van der Waals surface area contributed by atoms with E-state index in [0.29, 0.717) is 60.3 Å². The van der Waals surface area contributed by atoms with Gasteiger partial charge in [0.2, 0.25) is 5.75 Å². The summed E-state index contributed by atoms with van der Waals surface area (Å²) in [5.41, 5.74) is 0.962. The van der Waals surface area contributed by atoms with Gasteiger partial charge >= 0.3 is 0 Å². The van der Waals surface area contributed by atoms with Crippen LogP contribution in [0.2, 0.25) is 0 Å². The van der Waals surface area contributed by atoms with Crippen LogP contribution in [0.4, 0.5) is 0 Å². The van der Waals surface area contributed by atoms with Crippen LogP contribution in [0, 0.1) is 0 Å². The molecule has 1 N–H and O–H groups in total. The summed E-state index contributed by atoms with van der Waals surface area (Å²) >= 11 is 0. The lowest BCUT2D eigenvalue weighted by Crippen LogP contribution is -2.39. The smallest absolute Gasteiger partial charge is 0.295 e. The molecule has 1 amide bonds. The van der Waals surface area contributed by atoms with Crippen LogP contribution in [0.25, 0.3) is 5.76 Å². The number of hydrogen-bond donors (Lipinski definition) is 1. The number of aliphatic hydroxyl groups is 1. The van der Waals surface area contributed by atoms with Crippen LogP contribution in [-0.4, -0.2) is 93.4 Å². The van der Waals surface area contributed by atoms with Crippen molar-refractivity contribution in [3.05, 3.63) is 53.1 Å². The number of morpholine rings is 1. The third-order valence-corrected chi connectivity index (χ3v) is 7.02. The van der Waals surface area contributed by atoms with Gasteiger partial charge in [-0.25, -0.2) is 0 Å². The molecule has 4 rings (SSSR count). The molecule has 0 radical (unpaired) electrons. The summed E-state index contributed by atoms with van der Waals surface area (Å²) in [4.78, 5) is 30.7. The summed E-state index contributed by atoms with van der Waals surface area (Å²) in [6.45, 7) is 7.93. The van der Waals surface area contributed by atoms with E-state index in [0.717, 1.165) is 19.6 Å². The molecule has 0 spiro atoms. The molecule has 0 aliphatic carbocycles. The van der Waals surface area contributed by atoms with Gasteiger partial charge in [-0.15, -0.1) is 0 Å². The Kier molecular flexibility index (Phi) is 9.54. The number of ketones is 1. The number of carbonyl (C=O) groups excluding carboxylic acids is 2. The molecule has 0 saturated carbocycles. The highest BCUT2D eigenvalue weighted by Crippen LogP contribution is 2.45. The molecule has 2 aliphatic heterocycles. The van der Waals surface area contributed by atoms with Crippen molar-refractivity contribution in [2.75, 3.05) is 60.7 Å². The van der Waals surface area contributed by atoms with E-state index in [2.05, 4.69) is 4.90 Å². The molecule has 40 heavy (non-hydrogen) atoms. The number of aliphatic hydroxyl groups excluding tert-OH is 1. The summed E-state index contributed by atoms with van der Waals surface area (Å²) in [6, 6.07) is 9.35. The first-order valence-electron chi connectivity index (χ1n) is 13.4. The summed E-state index contributed by atoms with van der Waals surface area (Å²) in [7, 11) is 4.51. The SMILES string of the molecule is COc1cc(C2/C(=C(\O)c3ccc(OC(C)C)cc3)C(=O)C(=O)N2CCCN2CCOCC2)cc(OC)c1OC. The number of methoxy groups -OCH3 is 3. The molecule has 10 nitrogen and oxygen atoms in total. The molecule has 2 aromatic rings. The highest BCUT2D eigenvalue weighted by molar-refractivity contribution is 6.46. The molecule has 1 atom stereocenters. The minimum Gasteiger partial charge on any atom is -0.507 e. The van der Waals surface area contributed by atoms with Crippen molar-refractivity contribution in [1.29, 1.82) is 0 Å². The van der Waals surface area contributed by atoms with Crippen LogP contribution in [0.3, 0.4) is 0 Å². The number of hydrogen-bond acceptors (Lipinski definition) is 9. The van der Waals surface area contributed by atoms with E-state index in [1.54, 1.807) is 36.4 Å². The van der Waals surface area contributed by atoms with Crippen molar-refractivity contribution in [2.24, 2.45) is 0 Å². The Hall–Kier alpha value is -3.76. The van der Waals surface area contributed by atoms with Gasteiger partial charge in [0.05, 0.1) is 52.3 Å². The lowest BCUT2D eigenvalue weighted by Gasteiger charge is -2.29. The van der Waals surface area contributed by atoms with Crippen molar-refractivity contribution >= 4 is 17.4 Å². The van der Waals surface area contributed by atoms with Gasteiger partial charge in [0.15, 0.2) is 11.5 Å². The Bertz CT molecular complexity index is 1210. The molecule has 0 aromatic heterocycles. The predicted octanol–water partition coefficient (Wildman–Crippen LogP) is 3.64. The second kappa shape index (κ2) is 13.1. The normalized spacial score (nSPS) is 19.2. The first-order valence-corrected chi connectivity index (χ1v) is 13.4. The lowest BCUT2D eigenvalue weighted by atomic mass is 9.94. The molecule has 2 heterocycles. The molecule has 1 unspecified atom stereocenters. The van der Waals surface area contributed by atoms with Crippen LogP contribution in [0.5, 0.6) is 23.0 Å². The zero-order valence-corrected chi connectivity index (χ0v) is 23.8. The number of nitrogens with zero attached hydrogens (tertiary/aromatic N) is 2. The molecule has 10 heteroatoms. The molecule has 0 bridgehead atoms. The summed E-state index contributed by atoms with van der Waals surface area (Å²) in [5, 5.41) is 11.4. The van der Waals surface area contributed by atoms with Crippen molar-refractivity contribution in [3.63, 3.8) is 0 Å². The van der Waals surface area contributed by atoms with Crippen LogP contribution in [0.15, 0.2) is 42.0 Å². The van der Waals surface area contributed by atoms with Crippen molar-refractivity contribution in [2.45, 2.75) is 32.4 Å². The van der Waals surface area contributed by atoms with Gasteiger partial charge in [-0.3, -0.25) is 14.5 Å². The van der Waals surface area contributed by atoms with E-state index >= 15 is 0 Å². The van der Waals surface area contributed by atoms with E-state index in [9.17, 15) is 14.7 Å². The number of likely N-dealkylation sites (tertiary alicyclic amines) is 1. The van der Waals surface area contributed by atoms with Gasteiger partial charge in [-0.1, -0.05) is 0 Å². The van der Waals surface area contributed by atoms with E-state index in [1.807, 2.05) is 13.8 Å². The van der Waals surface area contributed by atoms with E-state index in [-0.39, 0.29) is 17.4 Å². The van der Waals surface area contributed by atoms with Gasteiger partial charge in [0.25, 0.3) is 11.7 Å². The molecule has 2 saturated heterocycles. The number of carbonyl (C=O) groups is 2. The summed E-state index contributed by atoms with van der Waals surface area (Å²) in [6.07, 6.45) is 0.636. The van der Waals surface area contributed by atoms with E-state index < -0.39 is 17.7 Å². The quantitative estimate of drug-likeness (QED) is 0.253. The predicted molar refractivity (Wildman–Crippen MR) is 149 cm³/mol. The molecule has 2 aromatic carbocycles. The highest BCUT2D eigenvalue weighted by atomic mass is 16.5. The molecular weight excluding hydrogens is 516 g/mol. The Balaban J connectivity index is 1.76. The first-order chi connectivity index (χ1) is 19.3. The third kappa shape index (κ3) is 6.18. The van der Waals surface area contributed by atoms with Gasteiger partial charge in [-0.05, 0) is 62.2 Å². The minimum atomic E-state index is -0.856. The van der Waals surface area contributed by atoms with Crippen LogP contribution in [0.1, 0.15) is 37.4 Å². The fraction of sp³-hybridized carbons (Fsp3) is 0.467. The highest BCUT2D eigenvalue weighted by Gasteiger charge is 2.46. The number of Topliss-reactive ketones (excluding diaryl/α,β-unsaturated/α-hetero) is 1. The summed E-state index contributed by atoms with van der Waals surface area (Å²) < 4.78 is 27.7. The number of benzene rings is 2. The maximum absolute atomic E-state index is 13.5. The maximum Gasteiger partial charge on any atom is 0.295 e. The van der Waals surface area contributed by atoms with E-state index in [4.69, 9.17) is 23.7 Å². The average Bonchev–Trinajstić information content (AvgIpc) is 3.21. The fourth-order valence-electron chi connectivity index (χ4n) is 5.12. The Labute approximate surface area is 235 Å². The topological polar surface area (TPSA) is 107 Å². The second-order valence-corrected chi connectivity index (χ2v) is 9.95. The summed E-state index contributed by atoms with van der Waals surface area (Å²) in [5.74, 6) is 0.114. The van der Waals surface area contributed by atoms with Gasteiger partial charge < -0.3 is 33.7 Å². The number of ether oxygens (including phenoxy) is 5. The molecule has 2 aliphatic rings. The Morgan fingerprint density at radius 3 is 2.15 bits per heavy atom. The van der Waals surface area contributed by atoms with E-state index in [1.165, 1.54) is 26.2 Å². The number of rotatable bonds is 11. The largest absolute Gasteiger partial charge is 0.507 e. The zero-order valence-electron chi connectivity index (χ0n) is 23.8. The van der Waals surface area contributed by atoms with Gasteiger partial charge in [-0.2, -0.15) is 0 Å². The fourth-order valence-corrected chi connectivity index (χ4v) is 5.12. The zero-order chi connectivity index (χ0) is 28.8. The van der Waals surface area contributed by atoms with Crippen molar-refractivity contribution in [1.82, 2.24) is 9.80 Å². The van der Waals surface area contributed by atoms with Crippen molar-refractivity contribution < 1.29 is 38.4 Å². The molecular formula is C30H38N2O8. The Morgan fingerprint density at radius 2 is 1.60 bits per heavy atom. The first kappa shape index (κ1) is 29.2. The lowest BCUT2D eigenvalue weighted by molar-refractivity contribution is -0.140. The minimum absolute atomic E-state index is 0.00294. The maximum atomic E-state index is 13.5. The monoisotopic (exact) mass is 554 g/mol. The van der Waals surface area contributed by atoms with Gasteiger partial charge in [0, 0.05) is 31.7 Å². The molecule has 216 valence electrons. The second-order valence-electron chi connectivity index (χ2n) is 9.95. The van der Waals surface area contributed by atoms with Crippen LogP contribution >= 0.6 is 0 Å². The Morgan fingerprint density at radius 1 is 0.975 bits per heavy atom. The van der Waals surface area contributed by atoms with Crippen LogP contribution in [-0.2, 0) is 14.3 Å². The third-order valence-electron chi connectivity index (χ3n) is 7.02. The van der Waals surface area contributed by atoms with Crippen LogP contribution < -0.4 is 18.9 Å². The van der Waals surface area contributed by atoms with Gasteiger partial charge in [0.1, 0.15) is 11.5 Å². The number of amides is 1. The standard InChI is InChI=1S/C30H38N2O8/c1-19(2)40-22-9-7-20(8-10-22)27(33)25-26(21-17-23(36-3)29(38-5)24(18-21)37-4)32(30(35)28(25)34)12-6-11-31-13-15-39-16-14-31/h7-10,17-19,26,33H,6,11-16H2,1-5H3/b27-25+. The molecule has 2 fully saturated rings.